The number of aromatic amines is 1. The van der Waals surface area contributed by atoms with Crippen molar-refractivity contribution in [3.63, 3.8) is 0 Å². The molecular formula is C20H23N3O2. The average molecular weight is 337 g/mol. The predicted molar refractivity (Wildman–Crippen MR) is 101 cm³/mol. The van der Waals surface area contributed by atoms with E-state index in [9.17, 15) is 4.79 Å². The maximum Gasteiger partial charge on any atom is 0.319 e. The van der Waals surface area contributed by atoms with Crippen LogP contribution in [0.2, 0.25) is 0 Å². The standard InChI is InChI=1S/C20H23N3O2/c1-2-13-4-3-5-17-16-7-6-15(12-18(16)23-19(13)17)22-20(24)21-14-8-10-25-11-9-14/h3-7,12,14,23H,2,8-11H2,1H3,(H2,21,22,24). The maximum absolute atomic E-state index is 12.2. The molecule has 0 spiro atoms. The fraction of sp³-hybridized carbons (Fsp3) is 0.350. The first-order valence-electron chi connectivity index (χ1n) is 8.93. The Balaban J connectivity index is 1.56. The molecule has 0 aliphatic carbocycles. The fourth-order valence-corrected chi connectivity index (χ4v) is 3.56. The van der Waals surface area contributed by atoms with Crippen LogP contribution in [0.3, 0.4) is 0 Å². The van der Waals surface area contributed by atoms with E-state index in [0.29, 0.717) is 13.2 Å². The van der Waals surface area contributed by atoms with Gasteiger partial charge in [0.1, 0.15) is 0 Å². The lowest BCUT2D eigenvalue weighted by atomic mass is 10.1. The van der Waals surface area contributed by atoms with Crippen LogP contribution in [0.5, 0.6) is 0 Å². The number of nitrogens with one attached hydrogen (secondary N) is 3. The van der Waals surface area contributed by atoms with Crippen LogP contribution >= 0.6 is 0 Å². The molecule has 4 rings (SSSR count). The highest BCUT2D eigenvalue weighted by molar-refractivity contribution is 6.09. The number of carbonyl (C=O) groups excluding carboxylic acids is 1. The van der Waals surface area contributed by atoms with E-state index in [2.05, 4.69) is 46.8 Å². The minimum atomic E-state index is -0.156. The number of ether oxygens (including phenoxy) is 1. The van der Waals surface area contributed by atoms with Crippen LogP contribution in [0.4, 0.5) is 10.5 Å². The lowest BCUT2D eigenvalue weighted by Gasteiger charge is -2.23. The van der Waals surface area contributed by atoms with Crippen LogP contribution < -0.4 is 10.6 Å². The third kappa shape index (κ3) is 3.20. The summed E-state index contributed by atoms with van der Waals surface area (Å²) in [5.41, 5.74) is 4.32. The summed E-state index contributed by atoms with van der Waals surface area (Å²) < 4.78 is 5.32. The molecule has 0 radical (unpaired) electrons. The number of benzene rings is 2. The molecule has 1 saturated heterocycles. The van der Waals surface area contributed by atoms with Crippen molar-refractivity contribution in [2.75, 3.05) is 18.5 Å². The second-order valence-corrected chi connectivity index (χ2v) is 6.56. The molecule has 3 aromatic rings. The van der Waals surface area contributed by atoms with Gasteiger partial charge in [0.05, 0.1) is 0 Å². The smallest absolute Gasteiger partial charge is 0.319 e. The van der Waals surface area contributed by atoms with Gasteiger partial charge in [0.15, 0.2) is 0 Å². The number of H-pyrrole nitrogens is 1. The minimum Gasteiger partial charge on any atom is -0.381 e. The van der Waals surface area contributed by atoms with E-state index in [-0.39, 0.29) is 12.1 Å². The van der Waals surface area contributed by atoms with Crippen molar-refractivity contribution in [1.29, 1.82) is 0 Å². The summed E-state index contributed by atoms with van der Waals surface area (Å²) in [6.45, 7) is 3.59. The van der Waals surface area contributed by atoms with Gasteiger partial charge in [-0.15, -0.1) is 0 Å². The highest BCUT2D eigenvalue weighted by Gasteiger charge is 2.16. The molecule has 2 aromatic carbocycles. The molecule has 130 valence electrons. The Bertz CT molecular complexity index is 910. The normalized spacial score (nSPS) is 15.6. The van der Waals surface area contributed by atoms with Crippen LogP contribution in [-0.2, 0) is 11.2 Å². The lowest BCUT2D eigenvalue weighted by molar-refractivity contribution is 0.0806. The molecule has 1 aliphatic rings. The molecule has 0 unspecified atom stereocenters. The largest absolute Gasteiger partial charge is 0.381 e. The van der Waals surface area contributed by atoms with Crippen molar-refractivity contribution in [3.8, 4) is 0 Å². The minimum absolute atomic E-state index is 0.156. The molecule has 5 heteroatoms. The van der Waals surface area contributed by atoms with Crippen molar-refractivity contribution in [1.82, 2.24) is 10.3 Å². The van der Waals surface area contributed by atoms with E-state index in [0.717, 1.165) is 30.5 Å². The number of hydrogen-bond acceptors (Lipinski definition) is 2. The molecule has 3 N–H and O–H groups in total. The first kappa shape index (κ1) is 16.0. The molecule has 1 fully saturated rings. The predicted octanol–water partition coefficient (Wildman–Crippen LogP) is 4.18. The molecule has 25 heavy (non-hydrogen) atoms. The van der Waals surface area contributed by atoms with Crippen molar-refractivity contribution >= 4 is 33.5 Å². The van der Waals surface area contributed by atoms with Gasteiger partial charge in [-0.1, -0.05) is 31.2 Å². The van der Waals surface area contributed by atoms with E-state index in [1.54, 1.807) is 0 Å². The number of hydrogen-bond donors (Lipinski definition) is 3. The summed E-state index contributed by atoms with van der Waals surface area (Å²) in [5, 5.41) is 8.37. The molecule has 1 aliphatic heterocycles. The summed E-state index contributed by atoms with van der Waals surface area (Å²) >= 11 is 0. The number of aromatic nitrogens is 1. The van der Waals surface area contributed by atoms with Crippen molar-refractivity contribution < 1.29 is 9.53 Å². The Hall–Kier alpha value is -2.53. The molecule has 0 bridgehead atoms. The number of amides is 2. The monoisotopic (exact) mass is 337 g/mol. The zero-order chi connectivity index (χ0) is 17.2. The second kappa shape index (κ2) is 6.76. The van der Waals surface area contributed by atoms with Crippen LogP contribution in [0, 0.1) is 0 Å². The lowest BCUT2D eigenvalue weighted by Crippen LogP contribution is -2.41. The van der Waals surface area contributed by atoms with Gasteiger partial charge >= 0.3 is 6.03 Å². The van der Waals surface area contributed by atoms with Crippen molar-refractivity contribution in [3.05, 3.63) is 42.0 Å². The van der Waals surface area contributed by atoms with Gasteiger partial charge in [-0.3, -0.25) is 0 Å². The summed E-state index contributed by atoms with van der Waals surface area (Å²) in [5.74, 6) is 0. The Kier molecular flexibility index (Phi) is 4.32. The van der Waals surface area contributed by atoms with Crippen LogP contribution in [0.1, 0.15) is 25.3 Å². The highest BCUT2D eigenvalue weighted by Crippen LogP contribution is 2.29. The van der Waals surface area contributed by atoms with Gasteiger partial charge in [-0.2, -0.15) is 0 Å². The number of carbonyl (C=O) groups is 1. The van der Waals surface area contributed by atoms with E-state index < -0.39 is 0 Å². The van der Waals surface area contributed by atoms with Crippen molar-refractivity contribution in [2.24, 2.45) is 0 Å². The van der Waals surface area contributed by atoms with Gasteiger partial charge < -0.3 is 20.4 Å². The quantitative estimate of drug-likeness (QED) is 0.671. The van der Waals surface area contributed by atoms with Gasteiger partial charge in [0, 0.05) is 46.7 Å². The molecule has 5 nitrogen and oxygen atoms in total. The Morgan fingerprint density at radius 1 is 1.20 bits per heavy atom. The van der Waals surface area contributed by atoms with E-state index in [1.807, 2.05) is 12.1 Å². The van der Waals surface area contributed by atoms with Gasteiger partial charge in [0.2, 0.25) is 0 Å². The molecule has 0 atom stereocenters. The van der Waals surface area contributed by atoms with Crippen LogP contribution in [-0.4, -0.2) is 30.3 Å². The van der Waals surface area contributed by atoms with Gasteiger partial charge in [-0.25, -0.2) is 4.79 Å². The molecule has 1 aromatic heterocycles. The molecule has 0 saturated carbocycles. The zero-order valence-electron chi connectivity index (χ0n) is 14.4. The van der Waals surface area contributed by atoms with Gasteiger partial charge in [-0.05, 0) is 37.0 Å². The number of fused-ring (bicyclic) bond motifs is 3. The SMILES string of the molecule is CCc1cccc2c1[nH]c1cc(NC(=O)NC3CCOCC3)ccc12. The molecule has 2 heterocycles. The van der Waals surface area contributed by atoms with Gasteiger partial charge in [0.25, 0.3) is 0 Å². The number of anilines is 1. The zero-order valence-corrected chi connectivity index (χ0v) is 14.4. The summed E-state index contributed by atoms with van der Waals surface area (Å²) in [6.07, 6.45) is 2.73. The second-order valence-electron chi connectivity index (χ2n) is 6.56. The third-order valence-corrected chi connectivity index (χ3v) is 4.92. The first-order chi connectivity index (χ1) is 12.2. The number of rotatable bonds is 3. The molecule has 2 amide bonds. The van der Waals surface area contributed by atoms with Crippen LogP contribution in [0.25, 0.3) is 21.8 Å². The van der Waals surface area contributed by atoms with E-state index in [4.69, 9.17) is 4.74 Å². The van der Waals surface area contributed by atoms with E-state index in [1.165, 1.54) is 21.9 Å². The topological polar surface area (TPSA) is 66.2 Å². The van der Waals surface area contributed by atoms with E-state index >= 15 is 0 Å². The average Bonchev–Trinajstić information content (AvgIpc) is 3.00. The summed E-state index contributed by atoms with van der Waals surface area (Å²) in [7, 11) is 0. The van der Waals surface area contributed by atoms with Crippen LogP contribution in [0.15, 0.2) is 36.4 Å². The van der Waals surface area contributed by atoms with Crippen molar-refractivity contribution in [2.45, 2.75) is 32.2 Å². The Labute approximate surface area is 146 Å². The first-order valence-corrected chi connectivity index (χ1v) is 8.93. The number of para-hydroxylation sites is 1. The summed E-state index contributed by atoms with van der Waals surface area (Å²) in [6, 6.07) is 12.4. The number of urea groups is 1. The third-order valence-electron chi connectivity index (χ3n) is 4.92. The Morgan fingerprint density at radius 2 is 2.04 bits per heavy atom. The Morgan fingerprint density at radius 3 is 2.84 bits per heavy atom. The maximum atomic E-state index is 12.2. The fourth-order valence-electron chi connectivity index (χ4n) is 3.56. The summed E-state index contributed by atoms with van der Waals surface area (Å²) in [4.78, 5) is 15.7. The highest BCUT2D eigenvalue weighted by atomic mass is 16.5. The molecular weight excluding hydrogens is 314 g/mol. The number of aryl methyl sites for hydroxylation is 1.